The van der Waals surface area contributed by atoms with Gasteiger partial charge in [-0.2, -0.15) is 0 Å². The number of carbonyl (C=O) groups is 1. The Hall–Kier alpha value is -1.15. The van der Waals surface area contributed by atoms with Crippen molar-refractivity contribution < 1.29 is 13.2 Å². The number of anilines is 1. The maximum absolute atomic E-state index is 12.1. The highest BCUT2D eigenvalue weighted by Gasteiger charge is 2.26. The summed E-state index contributed by atoms with van der Waals surface area (Å²) in [6.07, 6.45) is 2.73. The highest BCUT2D eigenvalue weighted by atomic mass is 79.9. The van der Waals surface area contributed by atoms with Crippen LogP contribution in [0.25, 0.3) is 0 Å². The third kappa shape index (κ3) is 3.66. The van der Waals surface area contributed by atoms with E-state index in [0.29, 0.717) is 17.3 Å². The van der Waals surface area contributed by atoms with E-state index in [4.69, 9.17) is 5.73 Å². The molecule has 0 saturated carbocycles. The summed E-state index contributed by atoms with van der Waals surface area (Å²) in [5.41, 5.74) is 5.89. The Balaban J connectivity index is 2.11. The minimum absolute atomic E-state index is 0.0138. The maximum atomic E-state index is 12.1. The molecule has 0 radical (unpaired) electrons. The van der Waals surface area contributed by atoms with Gasteiger partial charge in [-0.25, -0.2) is 13.4 Å². The van der Waals surface area contributed by atoms with E-state index in [0.717, 1.165) is 0 Å². The number of nitrogens with two attached hydrogens (primary N) is 1. The Kier molecular flexibility index (Phi) is 4.10. The second-order valence-corrected chi connectivity index (χ2v) is 7.66. The predicted octanol–water partition coefficient (Wildman–Crippen LogP) is 0.733. The summed E-state index contributed by atoms with van der Waals surface area (Å²) in [4.78, 5) is 15.9. The quantitative estimate of drug-likeness (QED) is 0.821. The molecule has 1 aliphatic rings. The van der Waals surface area contributed by atoms with Crippen LogP contribution in [-0.4, -0.2) is 36.9 Å². The number of halogens is 1. The Morgan fingerprint density at radius 2 is 2.26 bits per heavy atom. The maximum Gasteiger partial charge on any atom is 0.255 e. The average molecular weight is 348 g/mol. The lowest BCUT2D eigenvalue weighted by atomic mass is 10.1. The van der Waals surface area contributed by atoms with E-state index in [1.54, 1.807) is 6.07 Å². The monoisotopic (exact) mass is 347 g/mol. The first-order chi connectivity index (χ1) is 8.87. The van der Waals surface area contributed by atoms with E-state index in [1.165, 1.54) is 6.20 Å². The molecule has 0 spiro atoms. The topological polar surface area (TPSA) is 102 Å². The van der Waals surface area contributed by atoms with Crippen molar-refractivity contribution in [2.75, 3.05) is 17.2 Å². The SMILES string of the molecule is Nc1ncc(Br)cc1C(=O)NC1CCCS(=O)(=O)C1. The number of rotatable bonds is 2. The summed E-state index contributed by atoms with van der Waals surface area (Å²) in [6, 6.07) is 1.21. The van der Waals surface area contributed by atoms with Gasteiger partial charge in [0.25, 0.3) is 5.91 Å². The molecule has 1 unspecified atom stereocenters. The lowest BCUT2D eigenvalue weighted by molar-refractivity contribution is 0.0939. The molecular formula is C11H14BrN3O3S. The van der Waals surface area contributed by atoms with Crippen LogP contribution in [0.2, 0.25) is 0 Å². The highest BCUT2D eigenvalue weighted by Crippen LogP contribution is 2.17. The Bertz CT molecular complexity index is 603. The van der Waals surface area contributed by atoms with Gasteiger partial charge in [0, 0.05) is 16.7 Å². The van der Waals surface area contributed by atoms with Crippen molar-refractivity contribution in [3.8, 4) is 0 Å². The van der Waals surface area contributed by atoms with E-state index in [2.05, 4.69) is 26.2 Å². The summed E-state index contributed by atoms with van der Waals surface area (Å²) in [6.45, 7) is 0. The fraction of sp³-hybridized carbons (Fsp3) is 0.455. The number of nitrogen functional groups attached to an aromatic ring is 1. The first kappa shape index (κ1) is 14.3. The molecule has 1 aromatic rings. The van der Waals surface area contributed by atoms with Crippen LogP contribution in [0.1, 0.15) is 23.2 Å². The van der Waals surface area contributed by atoms with E-state index in [1.807, 2.05) is 0 Å². The molecule has 1 aromatic heterocycles. The molecule has 2 heterocycles. The normalized spacial score (nSPS) is 21.8. The molecule has 6 nitrogen and oxygen atoms in total. The molecule has 1 saturated heterocycles. The van der Waals surface area contributed by atoms with Gasteiger partial charge in [-0.1, -0.05) is 0 Å². The van der Waals surface area contributed by atoms with Crippen LogP contribution < -0.4 is 11.1 Å². The number of hydrogen-bond acceptors (Lipinski definition) is 5. The molecule has 1 amide bonds. The van der Waals surface area contributed by atoms with Crippen molar-refractivity contribution in [2.24, 2.45) is 0 Å². The Morgan fingerprint density at radius 1 is 1.53 bits per heavy atom. The number of sulfone groups is 1. The fourth-order valence-electron chi connectivity index (χ4n) is 2.03. The fourth-order valence-corrected chi connectivity index (χ4v) is 4.00. The number of nitrogens with one attached hydrogen (secondary N) is 1. The number of aromatic nitrogens is 1. The average Bonchev–Trinajstić information content (AvgIpc) is 2.31. The second kappa shape index (κ2) is 5.46. The van der Waals surface area contributed by atoms with Gasteiger partial charge in [0.15, 0.2) is 9.84 Å². The molecule has 19 heavy (non-hydrogen) atoms. The largest absolute Gasteiger partial charge is 0.383 e. The van der Waals surface area contributed by atoms with Crippen LogP contribution in [0.15, 0.2) is 16.7 Å². The molecule has 104 valence electrons. The Labute approximate surface area is 119 Å². The molecule has 1 fully saturated rings. The molecule has 1 atom stereocenters. The van der Waals surface area contributed by atoms with Gasteiger partial charge >= 0.3 is 0 Å². The van der Waals surface area contributed by atoms with Crippen molar-refractivity contribution in [3.63, 3.8) is 0 Å². The van der Waals surface area contributed by atoms with Crippen LogP contribution in [0, 0.1) is 0 Å². The lowest BCUT2D eigenvalue weighted by Crippen LogP contribution is -2.43. The standard InChI is InChI=1S/C11H14BrN3O3S/c12-7-4-9(10(13)14-5-7)11(16)15-8-2-1-3-19(17,18)6-8/h4-5,8H,1-3,6H2,(H2,13,14)(H,15,16). The molecule has 2 rings (SSSR count). The zero-order valence-corrected chi connectivity index (χ0v) is 12.5. The van der Waals surface area contributed by atoms with Crippen molar-refractivity contribution in [1.82, 2.24) is 10.3 Å². The third-order valence-electron chi connectivity index (χ3n) is 2.93. The molecule has 3 N–H and O–H groups in total. The van der Waals surface area contributed by atoms with E-state index in [-0.39, 0.29) is 28.9 Å². The van der Waals surface area contributed by atoms with Crippen LogP contribution >= 0.6 is 15.9 Å². The third-order valence-corrected chi connectivity index (χ3v) is 5.18. The van der Waals surface area contributed by atoms with Gasteiger partial charge in [0.05, 0.1) is 17.1 Å². The number of carbonyl (C=O) groups excluding carboxylic acids is 1. The zero-order valence-electron chi connectivity index (χ0n) is 10.1. The molecule has 1 aliphatic heterocycles. The molecule has 0 aromatic carbocycles. The van der Waals surface area contributed by atoms with Crippen molar-refractivity contribution in [1.29, 1.82) is 0 Å². The zero-order chi connectivity index (χ0) is 14.0. The lowest BCUT2D eigenvalue weighted by Gasteiger charge is -2.23. The number of pyridine rings is 1. The summed E-state index contributed by atoms with van der Waals surface area (Å²) in [5.74, 6) is -0.0900. The summed E-state index contributed by atoms with van der Waals surface area (Å²) >= 11 is 3.21. The van der Waals surface area contributed by atoms with Crippen LogP contribution in [0.5, 0.6) is 0 Å². The van der Waals surface area contributed by atoms with Crippen molar-refractivity contribution >= 4 is 37.5 Å². The highest BCUT2D eigenvalue weighted by molar-refractivity contribution is 9.10. The predicted molar refractivity (Wildman–Crippen MR) is 75.5 cm³/mol. The van der Waals surface area contributed by atoms with Crippen molar-refractivity contribution in [3.05, 3.63) is 22.3 Å². The summed E-state index contributed by atoms with van der Waals surface area (Å²) in [7, 11) is -3.05. The molecular weight excluding hydrogens is 334 g/mol. The van der Waals surface area contributed by atoms with Gasteiger partial charge in [-0.3, -0.25) is 4.79 Å². The van der Waals surface area contributed by atoms with Crippen LogP contribution in [0.3, 0.4) is 0 Å². The number of amides is 1. The van der Waals surface area contributed by atoms with Crippen LogP contribution in [0.4, 0.5) is 5.82 Å². The van der Waals surface area contributed by atoms with Crippen molar-refractivity contribution in [2.45, 2.75) is 18.9 Å². The van der Waals surface area contributed by atoms with Gasteiger partial charge in [-0.05, 0) is 34.8 Å². The second-order valence-electron chi connectivity index (χ2n) is 4.51. The smallest absolute Gasteiger partial charge is 0.255 e. The van der Waals surface area contributed by atoms with E-state index in [9.17, 15) is 13.2 Å². The van der Waals surface area contributed by atoms with E-state index >= 15 is 0 Å². The van der Waals surface area contributed by atoms with Crippen LogP contribution in [-0.2, 0) is 9.84 Å². The van der Waals surface area contributed by atoms with Gasteiger partial charge in [-0.15, -0.1) is 0 Å². The number of hydrogen-bond donors (Lipinski definition) is 2. The van der Waals surface area contributed by atoms with Gasteiger partial charge in [0.1, 0.15) is 5.82 Å². The number of nitrogens with zero attached hydrogens (tertiary/aromatic N) is 1. The summed E-state index contributed by atoms with van der Waals surface area (Å²) < 4.78 is 23.7. The van der Waals surface area contributed by atoms with Gasteiger partial charge in [0.2, 0.25) is 0 Å². The molecule has 0 bridgehead atoms. The summed E-state index contributed by atoms with van der Waals surface area (Å²) in [5, 5.41) is 2.70. The first-order valence-corrected chi connectivity index (χ1v) is 8.41. The van der Waals surface area contributed by atoms with E-state index < -0.39 is 15.7 Å². The minimum atomic E-state index is -3.05. The van der Waals surface area contributed by atoms with Gasteiger partial charge < -0.3 is 11.1 Å². The molecule has 0 aliphatic carbocycles. The first-order valence-electron chi connectivity index (χ1n) is 5.80. The Morgan fingerprint density at radius 3 is 2.95 bits per heavy atom. The minimum Gasteiger partial charge on any atom is -0.383 e. The molecule has 8 heteroatoms.